The molecule has 0 aliphatic carbocycles. The van der Waals surface area contributed by atoms with Gasteiger partial charge in [0.2, 0.25) is 11.8 Å². The molecule has 43 heavy (non-hydrogen) atoms. The highest BCUT2D eigenvalue weighted by atomic mass is 35.5. The average molecular weight is 629 g/mol. The van der Waals surface area contributed by atoms with Crippen LogP contribution in [-0.4, -0.2) is 84.5 Å². The van der Waals surface area contributed by atoms with Crippen LogP contribution in [0.3, 0.4) is 0 Å². The van der Waals surface area contributed by atoms with E-state index in [0.29, 0.717) is 17.9 Å². The Kier molecular flexibility index (Phi) is 11.9. The third-order valence-corrected chi connectivity index (χ3v) is 7.47. The van der Waals surface area contributed by atoms with Gasteiger partial charge in [-0.1, -0.05) is 35.9 Å². The van der Waals surface area contributed by atoms with Gasteiger partial charge in [0, 0.05) is 50.6 Å². The maximum Gasteiger partial charge on any atom is 0.490 e. The fourth-order valence-corrected chi connectivity index (χ4v) is 5.13. The minimum Gasteiger partial charge on any atom is -0.445 e. The lowest BCUT2D eigenvalue weighted by atomic mass is 9.98. The molecular formula is C29H33ClF4N4O5. The number of nitrogens with two attached hydrogens (primary N) is 1. The maximum absolute atomic E-state index is 13.7. The van der Waals surface area contributed by atoms with Gasteiger partial charge in [-0.3, -0.25) is 19.3 Å². The van der Waals surface area contributed by atoms with Crippen molar-refractivity contribution in [1.82, 2.24) is 15.1 Å². The number of hydrogen-bond donors (Lipinski definition) is 2. The quantitative estimate of drug-likeness (QED) is 0.275. The number of ether oxygens (including phenoxy) is 1. The molecule has 2 aromatic carbocycles. The van der Waals surface area contributed by atoms with Crippen molar-refractivity contribution < 1.29 is 41.5 Å². The number of hydrogen-bond acceptors (Lipinski definition) is 6. The fraction of sp³-hybridized carbons (Fsp3) is 0.448. The zero-order valence-electron chi connectivity index (χ0n) is 23.4. The summed E-state index contributed by atoms with van der Waals surface area (Å²) >= 11 is 5.96. The van der Waals surface area contributed by atoms with Gasteiger partial charge >= 0.3 is 12.1 Å². The third-order valence-electron chi connectivity index (χ3n) is 7.22. The van der Waals surface area contributed by atoms with Gasteiger partial charge in [0.25, 0.3) is 5.91 Å². The number of nitrogens with zero attached hydrogens (tertiary/aromatic N) is 2. The Bertz CT molecular complexity index is 1280. The summed E-state index contributed by atoms with van der Waals surface area (Å²) < 4.78 is 57.4. The molecule has 3 atom stereocenters. The van der Waals surface area contributed by atoms with Crippen LogP contribution in [-0.2, 0) is 36.8 Å². The molecule has 0 spiro atoms. The zero-order valence-corrected chi connectivity index (χ0v) is 24.2. The van der Waals surface area contributed by atoms with E-state index in [2.05, 4.69) is 10.1 Å². The monoisotopic (exact) mass is 628 g/mol. The molecule has 3 amide bonds. The minimum absolute atomic E-state index is 0.0276. The van der Waals surface area contributed by atoms with Crippen LogP contribution in [0, 0.1) is 5.82 Å². The number of aryl methyl sites for hydroxylation is 1. The highest BCUT2D eigenvalue weighted by Crippen LogP contribution is 2.24. The van der Waals surface area contributed by atoms with Crippen molar-refractivity contribution >= 4 is 35.3 Å². The van der Waals surface area contributed by atoms with E-state index in [4.69, 9.17) is 17.3 Å². The molecule has 3 rings (SSSR count). The predicted octanol–water partition coefficient (Wildman–Crippen LogP) is 3.02. The molecule has 1 heterocycles. The second-order valence-corrected chi connectivity index (χ2v) is 10.6. The predicted molar refractivity (Wildman–Crippen MR) is 149 cm³/mol. The third kappa shape index (κ3) is 9.92. The molecule has 0 radical (unpaired) electrons. The van der Waals surface area contributed by atoms with Crippen molar-refractivity contribution in [2.24, 2.45) is 5.73 Å². The van der Waals surface area contributed by atoms with Crippen molar-refractivity contribution in [3.05, 3.63) is 70.5 Å². The summed E-state index contributed by atoms with van der Waals surface area (Å²) in [7, 11) is 1.50. The van der Waals surface area contributed by atoms with Crippen molar-refractivity contribution in [3.8, 4) is 0 Å². The van der Waals surface area contributed by atoms with Crippen LogP contribution in [0.2, 0.25) is 5.02 Å². The van der Waals surface area contributed by atoms with Crippen LogP contribution in [0.4, 0.5) is 17.6 Å². The molecule has 3 unspecified atom stereocenters. The number of nitrogens with one attached hydrogen (secondary N) is 1. The van der Waals surface area contributed by atoms with Crippen molar-refractivity contribution in [2.45, 2.75) is 56.5 Å². The number of amides is 3. The lowest BCUT2D eigenvalue weighted by Gasteiger charge is -2.45. The van der Waals surface area contributed by atoms with Crippen molar-refractivity contribution in [1.29, 1.82) is 0 Å². The lowest BCUT2D eigenvalue weighted by Crippen LogP contribution is -2.61. The Morgan fingerprint density at radius 2 is 1.67 bits per heavy atom. The normalized spacial score (nSPS) is 17.2. The van der Waals surface area contributed by atoms with Gasteiger partial charge in [-0.05, 0) is 54.7 Å². The first-order chi connectivity index (χ1) is 20.3. The van der Waals surface area contributed by atoms with Crippen LogP contribution < -0.4 is 11.1 Å². The Morgan fingerprint density at radius 1 is 1.05 bits per heavy atom. The number of rotatable bonds is 12. The van der Waals surface area contributed by atoms with Crippen molar-refractivity contribution in [2.75, 3.05) is 26.7 Å². The number of piperazine rings is 1. The Morgan fingerprint density at radius 3 is 2.26 bits per heavy atom. The molecule has 14 heteroatoms. The van der Waals surface area contributed by atoms with E-state index < -0.39 is 54.4 Å². The SMILES string of the molecule is CNC(=O)C(CCc1ccc(Cl)cc1)N1CCN(C(=O)C(Cc2ccc(F)cc2)OC(=O)C(F)(F)F)C(CCC(N)=O)C1. The number of primary amides is 1. The molecule has 2 aromatic rings. The highest BCUT2D eigenvalue weighted by molar-refractivity contribution is 6.30. The number of carbonyl (C=O) groups is 4. The summed E-state index contributed by atoms with van der Waals surface area (Å²) in [6.07, 6.45) is -6.79. The highest BCUT2D eigenvalue weighted by Gasteiger charge is 2.45. The van der Waals surface area contributed by atoms with Gasteiger partial charge < -0.3 is 20.7 Å². The van der Waals surface area contributed by atoms with Gasteiger partial charge in [0.05, 0.1) is 6.04 Å². The van der Waals surface area contributed by atoms with E-state index >= 15 is 0 Å². The van der Waals surface area contributed by atoms with Gasteiger partial charge in [-0.25, -0.2) is 9.18 Å². The maximum atomic E-state index is 13.7. The molecule has 9 nitrogen and oxygen atoms in total. The van der Waals surface area contributed by atoms with Crippen LogP contribution >= 0.6 is 11.6 Å². The smallest absolute Gasteiger partial charge is 0.445 e. The molecular weight excluding hydrogens is 596 g/mol. The van der Waals surface area contributed by atoms with E-state index in [1.807, 2.05) is 17.0 Å². The topological polar surface area (TPSA) is 122 Å². The molecule has 1 fully saturated rings. The van der Waals surface area contributed by atoms with E-state index in [0.717, 1.165) is 17.7 Å². The Balaban J connectivity index is 1.84. The van der Waals surface area contributed by atoms with Gasteiger partial charge in [-0.2, -0.15) is 13.2 Å². The summed E-state index contributed by atoms with van der Waals surface area (Å²) in [6.45, 7) is 0.252. The minimum atomic E-state index is -5.35. The standard InChI is InChI=1S/C29H33ClF4N4O5/c1-36-26(40)23(12-6-18-2-7-20(30)8-3-18)37-14-15-38(22(17-37)11-13-25(35)39)27(41)24(43-28(42)29(32,33)34)16-19-4-9-21(31)10-5-19/h2-5,7-10,22-24H,6,11-17H2,1H3,(H2,35,39)(H,36,40). The number of benzene rings is 2. The first kappa shape index (κ1) is 33.8. The first-order valence-electron chi connectivity index (χ1n) is 13.6. The van der Waals surface area contributed by atoms with Gasteiger partial charge in [0.1, 0.15) is 5.82 Å². The summed E-state index contributed by atoms with van der Waals surface area (Å²) in [4.78, 5) is 53.1. The number of carbonyl (C=O) groups excluding carboxylic acids is 4. The van der Waals surface area contributed by atoms with E-state index in [9.17, 15) is 36.7 Å². The number of halogens is 5. The molecule has 1 aliphatic rings. The molecule has 234 valence electrons. The number of esters is 1. The summed E-state index contributed by atoms with van der Waals surface area (Å²) in [5.74, 6) is -4.96. The summed E-state index contributed by atoms with van der Waals surface area (Å²) in [5, 5.41) is 3.22. The fourth-order valence-electron chi connectivity index (χ4n) is 5.00. The zero-order chi connectivity index (χ0) is 31.7. The van der Waals surface area contributed by atoms with Crippen molar-refractivity contribution in [3.63, 3.8) is 0 Å². The van der Waals surface area contributed by atoms with E-state index in [-0.39, 0.29) is 43.9 Å². The first-order valence-corrected chi connectivity index (χ1v) is 14.0. The molecule has 0 saturated carbocycles. The number of likely N-dealkylation sites (N-methyl/N-ethyl adjacent to an activating group) is 1. The number of alkyl halides is 3. The van der Waals surface area contributed by atoms with E-state index in [1.54, 1.807) is 12.1 Å². The van der Waals surface area contributed by atoms with Crippen LogP contribution in [0.1, 0.15) is 30.4 Å². The molecule has 0 aromatic heterocycles. The van der Waals surface area contributed by atoms with Gasteiger partial charge in [0.15, 0.2) is 6.10 Å². The molecule has 0 bridgehead atoms. The lowest BCUT2D eigenvalue weighted by molar-refractivity contribution is -0.206. The average Bonchev–Trinajstić information content (AvgIpc) is 2.96. The summed E-state index contributed by atoms with van der Waals surface area (Å²) in [5.41, 5.74) is 6.57. The summed E-state index contributed by atoms with van der Waals surface area (Å²) in [6, 6.07) is 10.5. The largest absolute Gasteiger partial charge is 0.490 e. The second-order valence-electron chi connectivity index (χ2n) is 10.2. The van der Waals surface area contributed by atoms with Gasteiger partial charge in [-0.15, -0.1) is 0 Å². The van der Waals surface area contributed by atoms with Crippen LogP contribution in [0.5, 0.6) is 0 Å². The van der Waals surface area contributed by atoms with Crippen LogP contribution in [0.25, 0.3) is 0 Å². The molecule has 1 saturated heterocycles. The Hall–Kier alpha value is -3.71. The Labute approximate surface area is 251 Å². The van der Waals surface area contributed by atoms with Crippen LogP contribution in [0.15, 0.2) is 48.5 Å². The molecule has 1 aliphatic heterocycles. The molecule has 3 N–H and O–H groups in total. The second kappa shape index (κ2) is 15.1. The van der Waals surface area contributed by atoms with E-state index in [1.165, 1.54) is 24.1 Å².